The number of benzene rings is 1. The predicted molar refractivity (Wildman–Crippen MR) is 155 cm³/mol. The number of rotatable bonds is 16. The first kappa shape index (κ1) is 30.7. The van der Waals surface area contributed by atoms with Crippen LogP contribution in [0.4, 0.5) is 0 Å². The minimum atomic E-state index is -0.381. The molecule has 0 bridgehead atoms. The molecule has 0 saturated carbocycles. The second kappa shape index (κ2) is 17.1. The Morgan fingerprint density at radius 3 is 2.49 bits per heavy atom. The van der Waals surface area contributed by atoms with Gasteiger partial charge in [0.05, 0.1) is 25.2 Å². The number of hydrogen-bond acceptors (Lipinski definition) is 7. The minimum Gasteiger partial charge on any atom is -0.378 e. The van der Waals surface area contributed by atoms with Crippen molar-refractivity contribution in [2.75, 3.05) is 44.2 Å². The summed E-state index contributed by atoms with van der Waals surface area (Å²) < 4.78 is 0. The summed E-state index contributed by atoms with van der Waals surface area (Å²) in [5, 5.41) is 12.7. The van der Waals surface area contributed by atoms with E-state index in [4.69, 9.17) is 5.73 Å². The number of carbonyl (C=O) groups is 2. The molecule has 1 aliphatic rings. The number of nitrogens with two attached hydrogens (primary N) is 1. The first-order valence-electron chi connectivity index (χ1n) is 13.3. The molecule has 6 N–H and O–H groups in total. The van der Waals surface area contributed by atoms with Crippen molar-refractivity contribution in [3.05, 3.63) is 60.4 Å². The lowest BCUT2D eigenvalue weighted by molar-refractivity contribution is -0.121. The summed E-state index contributed by atoms with van der Waals surface area (Å²) >= 11 is 1.97. The first-order valence-corrected chi connectivity index (χ1v) is 14.5. The Labute approximate surface area is 227 Å². The highest BCUT2D eigenvalue weighted by Gasteiger charge is 2.22. The summed E-state index contributed by atoms with van der Waals surface area (Å²) in [6.07, 6.45) is 3.43. The molecular formula is C28H46N6O2S. The molecule has 0 radical (unpaired) electrons. The molecule has 2 amide bonds. The summed E-state index contributed by atoms with van der Waals surface area (Å²) in [5.41, 5.74) is 8.12. The molecule has 2 rings (SSSR count). The maximum absolute atomic E-state index is 13.0. The highest BCUT2D eigenvalue weighted by Crippen LogP contribution is 2.18. The van der Waals surface area contributed by atoms with Gasteiger partial charge in [-0.1, -0.05) is 57.3 Å². The van der Waals surface area contributed by atoms with Gasteiger partial charge in [0.25, 0.3) is 0 Å². The number of carbonyl (C=O) groups excluding carboxylic acids is 2. The van der Waals surface area contributed by atoms with Crippen molar-refractivity contribution in [1.29, 1.82) is 0 Å². The molecule has 0 aliphatic carbocycles. The summed E-state index contributed by atoms with van der Waals surface area (Å²) in [7, 11) is 0. The summed E-state index contributed by atoms with van der Waals surface area (Å²) in [4.78, 5) is 27.3. The van der Waals surface area contributed by atoms with Crippen LogP contribution in [0.1, 0.15) is 38.7 Å². The van der Waals surface area contributed by atoms with Gasteiger partial charge < -0.3 is 31.9 Å². The monoisotopic (exact) mass is 530 g/mol. The fraction of sp³-hybridized carbons (Fsp3) is 0.571. The normalized spacial score (nSPS) is 15.4. The number of thioether (sulfide) groups is 1. The van der Waals surface area contributed by atoms with Gasteiger partial charge in [0, 0.05) is 36.3 Å². The molecule has 1 fully saturated rings. The highest BCUT2D eigenvalue weighted by atomic mass is 32.2. The van der Waals surface area contributed by atoms with E-state index in [1.807, 2.05) is 42.1 Å². The molecule has 8 nitrogen and oxygen atoms in total. The Morgan fingerprint density at radius 1 is 1.05 bits per heavy atom. The van der Waals surface area contributed by atoms with Gasteiger partial charge >= 0.3 is 0 Å². The quantitative estimate of drug-likeness (QED) is 0.208. The molecule has 2 atom stereocenters. The third-order valence-corrected chi connectivity index (χ3v) is 7.34. The van der Waals surface area contributed by atoms with Crippen molar-refractivity contribution < 1.29 is 9.59 Å². The molecule has 0 spiro atoms. The van der Waals surface area contributed by atoms with Crippen LogP contribution < -0.4 is 27.0 Å². The molecule has 1 aromatic carbocycles. The zero-order valence-corrected chi connectivity index (χ0v) is 23.4. The summed E-state index contributed by atoms with van der Waals surface area (Å²) in [5.74, 6) is 1.84. The lowest BCUT2D eigenvalue weighted by Crippen LogP contribution is -2.48. The molecule has 1 heterocycles. The second-order valence-electron chi connectivity index (χ2n) is 9.71. The molecule has 1 saturated heterocycles. The zero-order chi connectivity index (χ0) is 27.0. The maximum Gasteiger partial charge on any atom is 0.239 e. The van der Waals surface area contributed by atoms with Crippen LogP contribution in [0.25, 0.3) is 0 Å². The average Bonchev–Trinajstić information content (AvgIpc) is 3.18. The zero-order valence-electron chi connectivity index (χ0n) is 22.6. The van der Waals surface area contributed by atoms with Gasteiger partial charge in [-0.2, -0.15) is 11.8 Å². The fourth-order valence-corrected chi connectivity index (χ4v) is 5.09. The van der Waals surface area contributed by atoms with Gasteiger partial charge in [0.1, 0.15) is 0 Å². The van der Waals surface area contributed by atoms with Crippen molar-refractivity contribution in [3.63, 3.8) is 0 Å². The number of amides is 2. The van der Waals surface area contributed by atoms with Crippen molar-refractivity contribution in [2.24, 2.45) is 5.73 Å². The highest BCUT2D eigenvalue weighted by molar-refractivity contribution is 7.99. The molecule has 206 valence electrons. The molecule has 1 aromatic rings. The fourth-order valence-electron chi connectivity index (χ4n) is 4.20. The topological polar surface area (TPSA) is 112 Å². The molecule has 9 heteroatoms. The second-order valence-corrected chi connectivity index (χ2v) is 10.9. The third kappa shape index (κ3) is 12.1. The van der Waals surface area contributed by atoms with E-state index in [9.17, 15) is 9.59 Å². The SMILES string of the molecule is C=C(NCC(=O)NC(CCCNC(C)C)C(=C)N1CCCSCC1)C(Cc1ccccc1)NC(=O)CN. The van der Waals surface area contributed by atoms with Crippen LogP contribution in [0.2, 0.25) is 0 Å². The van der Waals surface area contributed by atoms with E-state index in [1.54, 1.807) is 0 Å². The van der Waals surface area contributed by atoms with E-state index in [1.165, 1.54) is 0 Å². The van der Waals surface area contributed by atoms with E-state index in [0.717, 1.165) is 61.7 Å². The van der Waals surface area contributed by atoms with Gasteiger partial charge in [-0.15, -0.1) is 0 Å². The Balaban J connectivity index is 1.97. The summed E-state index contributed by atoms with van der Waals surface area (Å²) in [6, 6.07) is 9.76. The Kier molecular flexibility index (Phi) is 14.2. The molecular weight excluding hydrogens is 484 g/mol. The van der Waals surface area contributed by atoms with Crippen molar-refractivity contribution in [1.82, 2.24) is 26.2 Å². The Morgan fingerprint density at radius 2 is 1.78 bits per heavy atom. The maximum atomic E-state index is 13.0. The first-order chi connectivity index (χ1) is 17.8. The predicted octanol–water partition coefficient (Wildman–Crippen LogP) is 1.99. The van der Waals surface area contributed by atoms with Gasteiger partial charge in [0.15, 0.2) is 0 Å². The lowest BCUT2D eigenvalue weighted by atomic mass is 10.0. The van der Waals surface area contributed by atoms with E-state index >= 15 is 0 Å². The van der Waals surface area contributed by atoms with Crippen LogP contribution in [0.3, 0.4) is 0 Å². The largest absolute Gasteiger partial charge is 0.378 e. The van der Waals surface area contributed by atoms with Crippen LogP contribution in [0.15, 0.2) is 54.9 Å². The van der Waals surface area contributed by atoms with E-state index in [2.05, 4.69) is 53.2 Å². The standard InChI is InChI=1S/C28H46N6O2S/c1-21(2)30-13-8-12-25(23(4)34-14-9-16-37-17-15-34)32-28(36)20-31-22(3)26(33-27(35)19-29)18-24-10-6-5-7-11-24/h5-7,10-11,21,25-26,30-31H,3-4,8-9,12-20,29H2,1-2H3,(H,32,36)(H,33,35). The molecule has 2 unspecified atom stereocenters. The van der Waals surface area contributed by atoms with Crippen molar-refractivity contribution >= 4 is 23.6 Å². The molecule has 0 aromatic heterocycles. The van der Waals surface area contributed by atoms with Crippen molar-refractivity contribution in [2.45, 2.75) is 57.7 Å². The third-order valence-electron chi connectivity index (χ3n) is 6.29. The van der Waals surface area contributed by atoms with Gasteiger partial charge in [0.2, 0.25) is 11.8 Å². The van der Waals surface area contributed by atoms with Gasteiger partial charge in [-0.3, -0.25) is 9.59 Å². The minimum absolute atomic E-state index is 0.0620. The van der Waals surface area contributed by atoms with Crippen LogP contribution in [-0.2, 0) is 16.0 Å². The van der Waals surface area contributed by atoms with Crippen LogP contribution in [-0.4, -0.2) is 79.1 Å². The Hall–Kier alpha value is -2.49. The Bertz CT molecular complexity index is 855. The average molecular weight is 531 g/mol. The van der Waals surface area contributed by atoms with Gasteiger partial charge in [-0.05, 0) is 43.5 Å². The van der Waals surface area contributed by atoms with Crippen LogP contribution in [0, 0.1) is 0 Å². The summed E-state index contributed by atoms with van der Waals surface area (Å²) in [6.45, 7) is 15.5. The van der Waals surface area contributed by atoms with Crippen molar-refractivity contribution in [3.8, 4) is 0 Å². The molecule has 1 aliphatic heterocycles. The van der Waals surface area contributed by atoms with E-state index in [0.29, 0.717) is 18.2 Å². The smallest absolute Gasteiger partial charge is 0.239 e. The van der Waals surface area contributed by atoms with Crippen LogP contribution in [0.5, 0.6) is 0 Å². The number of nitrogens with one attached hydrogen (secondary N) is 4. The van der Waals surface area contributed by atoms with E-state index in [-0.39, 0.29) is 37.0 Å². The molecule has 37 heavy (non-hydrogen) atoms. The van der Waals surface area contributed by atoms with E-state index < -0.39 is 0 Å². The lowest BCUT2D eigenvalue weighted by Gasteiger charge is -2.31. The van der Waals surface area contributed by atoms with Gasteiger partial charge in [-0.25, -0.2) is 0 Å². The number of hydrogen-bond donors (Lipinski definition) is 5. The van der Waals surface area contributed by atoms with Crippen LogP contribution >= 0.6 is 11.8 Å². The number of nitrogens with zero attached hydrogens (tertiary/aromatic N) is 1.